The van der Waals surface area contributed by atoms with Crippen molar-refractivity contribution in [3.63, 3.8) is 0 Å². The third-order valence-corrected chi connectivity index (χ3v) is 5.25. The summed E-state index contributed by atoms with van der Waals surface area (Å²) in [6.07, 6.45) is 3.56. The summed E-state index contributed by atoms with van der Waals surface area (Å²) in [5.74, 6) is 0.340. The van der Waals surface area contributed by atoms with Crippen LogP contribution in [0.5, 0.6) is 0 Å². The van der Waals surface area contributed by atoms with Crippen molar-refractivity contribution in [1.82, 2.24) is 9.78 Å². The summed E-state index contributed by atoms with van der Waals surface area (Å²) in [6, 6.07) is 24.5. The number of amides is 1. The molecule has 0 aliphatic carbocycles. The quantitative estimate of drug-likeness (QED) is 0.493. The number of hydrogen-bond donors (Lipinski definition) is 1. The first-order valence-corrected chi connectivity index (χ1v) is 9.73. The monoisotopic (exact) mass is 373 g/mol. The van der Waals surface area contributed by atoms with Crippen molar-refractivity contribution in [2.24, 2.45) is 0 Å². The van der Waals surface area contributed by atoms with Crippen molar-refractivity contribution in [1.29, 1.82) is 0 Å². The minimum Gasteiger partial charge on any atom is -0.323 e. The summed E-state index contributed by atoms with van der Waals surface area (Å²) in [4.78, 5) is 13.2. The maximum atomic E-state index is 12.2. The molecule has 5 heteroatoms. The molecule has 134 valence electrons. The van der Waals surface area contributed by atoms with Gasteiger partial charge in [-0.25, -0.2) is 0 Å². The van der Waals surface area contributed by atoms with Gasteiger partial charge in [0.15, 0.2) is 0 Å². The fourth-order valence-corrected chi connectivity index (χ4v) is 3.70. The molecule has 1 amide bonds. The average Bonchev–Trinajstić information content (AvgIpc) is 3.14. The lowest BCUT2D eigenvalue weighted by atomic mass is 10.0. The summed E-state index contributed by atoms with van der Waals surface area (Å²) < 4.78 is 1.85. The molecule has 27 heavy (non-hydrogen) atoms. The van der Waals surface area contributed by atoms with Gasteiger partial charge < -0.3 is 5.32 Å². The van der Waals surface area contributed by atoms with E-state index in [1.54, 1.807) is 6.20 Å². The van der Waals surface area contributed by atoms with Gasteiger partial charge in [0.2, 0.25) is 5.91 Å². The zero-order valence-corrected chi connectivity index (χ0v) is 15.5. The second kappa shape index (κ2) is 8.10. The van der Waals surface area contributed by atoms with E-state index in [1.807, 2.05) is 53.3 Å². The van der Waals surface area contributed by atoms with E-state index in [-0.39, 0.29) is 5.91 Å². The summed E-state index contributed by atoms with van der Waals surface area (Å²) in [7, 11) is 0. The van der Waals surface area contributed by atoms with E-state index in [0.29, 0.717) is 18.0 Å². The maximum Gasteiger partial charge on any atom is 0.234 e. The molecule has 4 rings (SSSR count). The molecule has 0 radical (unpaired) electrons. The lowest BCUT2D eigenvalue weighted by Crippen LogP contribution is -2.13. The van der Waals surface area contributed by atoms with Crippen LogP contribution in [0.3, 0.4) is 0 Å². The van der Waals surface area contributed by atoms with Crippen molar-refractivity contribution in [3.05, 3.63) is 90.8 Å². The third-order valence-electron chi connectivity index (χ3n) is 4.24. The smallest absolute Gasteiger partial charge is 0.234 e. The molecule has 0 saturated heterocycles. The first kappa shape index (κ1) is 17.4. The molecule has 0 unspecified atom stereocenters. The molecule has 0 fully saturated rings. The number of anilines is 1. The minimum absolute atomic E-state index is 0.0337. The highest BCUT2D eigenvalue weighted by Gasteiger charge is 2.07. The lowest BCUT2D eigenvalue weighted by Gasteiger charge is -2.06. The Balaban J connectivity index is 1.39. The maximum absolute atomic E-state index is 12.2. The first-order valence-electron chi connectivity index (χ1n) is 8.75. The van der Waals surface area contributed by atoms with Gasteiger partial charge in [-0.1, -0.05) is 60.7 Å². The molecule has 3 aromatic carbocycles. The SMILES string of the molecule is O=C(CSc1ccccc1)Nc1cnn(Cc2cccc3ccccc23)c1. The molecule has 4 nitrogen and oxygen atoms in total. The van der Waals surface area contributed by atoms with Crippen LogP contribution in [0.25, 0.3) is 10.8 Å². The van der Waals surface area contributed by atoms with Crippen molar-refractivity contribution < 1.29 is 4.79 Å². The molecular formula is C22H19N3OS. The Morgan fingerprint density at radius 2 is 1.74 bits per heavy atom. The standard InChI is InChI=1S/C22H19N3OS/c26-22(16-27-20-10-2-1-3-11-20)24-19-13-23-25(15-19)14-18-9-6-8-17-7-4-5-12-21(17)18/h1-13,15H,14,16H2,(H,24,26). The van der Waals surface area contributed by atoms with Crippen molar-refractivity contribution in [2.75, 3.05) is 11.1 Å². The number of nitrogens with zero attached hydrogens (tertiary/aromatic N) is 2. The number of thioether (sulfide) groups is 1. The first-order chi connectivity index (χ1) is 13.3. The molecule has 0 atom stereocenters. The van der Waals surface area contributed by atoms with Gasteiger partial charge in [-0.05, 0) is 28.5 Å². The van der Waals surface area contributed by atoms with Gasteiger partial charge in [0, 0.05) is 11.1 Å². The number of nitrogens with one attached hydrogen (secondary N) is 1. The Bertz CT molecular complexity index is 1050. The van der Waals surface area contributed by atoms with Gasteiger partial charge in [-0.2, -0.15) is 5.10 Å². The van der Waals surface area contributed by atoms with Crippen LogP contribution in [0.2, 0.25) is 0 Å². The molecule has 0 saturated carbocycles. The van der Waals surface area contributed by atoms with E-state index >= 15 is 0 Å². The summed E-state index contributed by atoms with van der Waals surface area (Å²) in [5.41, 5.74) is 1.92. The van der Waals surface area contributed by atoms with Crippen molar-refractivity contribution in [2.45, 2.75) is 11.4 Å². The highest BCUT2D eigenvalue weighted by Crippen LogP contribution is 2.20. The molecule has 1 N–H and O–H groups in total. The number of carbonyl (C=O) groups is 1. The van der Waals surface area contributed by atoms with Crippen LogP contribution in [-0.4, -0.2) is 21.4 Å². The molecule has 0 bridgehead atoms. The average molecular weight is 373 g/mol. The van der Waals surface area contributed by atoms with E-state index in [9.17, 15) is 4.79 Å². The van der Waals surface area contributed by atoms with Crippen molar-refractivity contribution in [3.8, 4) is 0 Å². The predicted molar refractivity (Wildman–Crippen MR) is 111 cm³/mol. The van der Waals surface area contributed by atoms with Gasteiger partial charge in [0.05, 0.1) is 24.2 Å². The van der Waals surface area contributed by atoms with Crippen LogP contribution < -0.4 is 5.32 Å². The number of carbonyl (C=O) groups excluding carboxylic acids is 1. The van der Waals surface area contributed by atoms with E-state index in [2.05, 4.69) is 40.7 Å². The Morgan fingerprint density at radius 3 is 2.63 bits per heavy atom. The second-order valence-electron chi connectivity index (χ2n) is 6.21. The molecule has 1 heterocycles. The number of fused-ring (bicyclic) bond motifs is 1. The zero-order chi connectivity index (χ0) is 18.5. The van der Waals surface area contributed by atoms with E-state index in [0.717, 1.165) is 4.90 Å². The number of aromatic nitrogens is 2. The second-order valence-corrected chi connectivity index (χ2v) is 7.26. The largest absolute Gasteiger partial charge is 0.323 e. The van der Waals surface area contributed by atoms with Crippen LogP contribution in [-0.2, 0) is 11.3 Å². The fraction of sp³-hybridized carbons (Fsp3) is 0.0909. The van der Waals surface area contributed by atoms with Crippen LogP contribution in [0.4, 0.5) is 5.69 Å². The van der Waals surface area contributed by atoms with E-state index in [4.69, 9.17) is 0 Å². The van der Waals surface area contributed by atoms with Crippen LogP contribution in [0, 0.1) is 0 Å². The topological polar surface area (TPSA) is 46.9 Å². The number of benzene rings is 3. The third kappa shape index (κ3) is 4.38. The normalized spacial score (nSPS) is 10.8. The van der Waals surface area contributed by atoms with E-state index in [1.165, 1.54) is 28.1 Å². The molecule has 0 spiro atoms. The van der Waals surface area contributed by atoms with Crippen molar-refractivity contribution >= 4 is 34.1 Å². The molecule has 1 aromatic heterocycles. The van der Waals surface area contributed by atoms with Crippen LogP contribution in [0.15, 0.2) is 90.1 Å². The molecule has 0 aliphatic rings. The molecule has 0 aliphatic heterocycles. The minimum atomic E-state index is -0.0337. The molecular weight excluding hydrogens is 354 g/mol. The summed E-state index contributed by atoms with van der Waals surface area (Å²) in [5, 5.41) is 9.74. The summed E-state index contributed by atoms with van der Waals surface area (Å²) in [6.45, 7) is 0.663. The Hall–Kier alpha value is -3.05. The van der Waals surface area contributed by atoms with Crippen LogP contribution >= 0.6 is 11.8 Å². The van der Waals surface area contributed by atoms with Crippen LogP contribution in [0.1, 0.15) is 5.56 Å². The predicted octanol–water partition coefficient (Wildman–Crippen LogP) is 4.82. The highest BCUT2D eigenvalue weighted by molar-refractivity contribution is 8.00. The Morgan fingerprint density at radius 1 is 0.963 bits per heavy atom. The van der Waals surface area contributed by atoms with Gasteiger partial charge in [-0.15, -0.1) is 11.8 Å². The Kier molecular flexibility index (Phi) is 5.21. The Labute approximate surface area is 162 Å². The lowest BCUT2D eigenvalue weighted by molar-refractivity contribution is -0.113. The van der Waals surface area contributed by atoms with E-state index < -0.39 is 0 Å². The number of hydrogen-bond acceptors (Lipinski definition) is 3. The zero-order valence-electron chi connectivity index (χ0n) is 14.7. The van der Waals surface area contributed by atoms with Gasteiger partial charge >= 0.3 is 0 Å². The highest BCUT2D eigenvalue weighted by atomic mass is 32.2. The molecule has 4 aromatic rings. The number of rotatable bonds is 6. The van der Waals surface area contributed by atoms with Gasteiger partial charge in [-0.3, -0.25) is 9.48 Å². The fourth-order valence-electron chi connectivity index (χ4n) is 2.98. The van der Waals surface area contributed by atoms with Gasteiger partial charge in [0.1, 0.15) is 0 Å². The van der Waals surface area contributed by atoms with Gasteiger partial charge in [0.25, 0.3) is 0 Å². The summed E-state index contributed by atoms with van der Waals surface area (Å²) >= 11 is 1.52.